The van der Waals surface area contributed by atoms with Crippen LogP contribution in [-0.4, -0.2) is 56.0 Å². The van der Waals surface area contributed by atoms with Gasteiger partial charge in [-0.1, -0.05) is 12.1 Å². The number of rotatable bonds is 10. The number of fused-ring (bicyclic) bond motifs is 1. The van der Waals surface area contributed by atoms with Crippen molar-refractivity contribution in [2.75, 3.05) is 38.7 Å². The summed E-state index contributed by atoms with van der Waals surface area (Å²) in [5, 5.41) is 6.48. The number of unbranched alkanes of at least 4 members (excludes halogenated alkanes) is 1. The lowest BCUT2D eigenvalue weighted by Gasteiger charge is -2.15. The van der Waals surface area contributed by atoms with Crippen molar-refractivity contribution in [3.05, 3.63) is 53.6 Å². The standard InChI is InChI=1S/C24H30N4O4/c1-4-25-24(27-17-12-13-20(32-5-2)21(16-17)31-3)26-14-8-9-15-28-22(29)18-10-6-7-11-19(18)23(28)30/h6-7,10-13,16H,4-5,8-9,14-15H2,1-3H3,(H2,25,26,27). The first-order valence-electron chi connectivity index (χ1n) is 10.9. The topological polar surface area (TPSA) is 92.3 Å². The summed E-state index contributed by atoms with van der Waals surface area (Å²) in [6, 6.07) is 12.6. The third-order valence-corrected chi connectivity index (χ3v) is 5.01. The lowest BCUT2D eigenvalue weighted by atomic mass is 10.1. The first kappa shape index (κ1) is 23.1. The molecule has 0 atom stereocenters. The highest BCUT2D eigenvalue weighted by molar-refractivity contribution is 6.21. The summed E-state index contributed by atoms with van der Waals surface area (Å²) in [5.74, 6) is 1.56. The molecule has 8 heteroatoms. The van der Waals surface area contributed by atoms with Gasteiger partial charge < -0.3 is 20.1 Å². The predicted octanol–water partition coefficient (Wildman–Crippen LogP) is 3.55. The van der Waals surface area contributed by atoms with Crippen LogP contribution in [0.4, 0.5) is 5.69 Å². The van der Waals surface area contributed by atoms with Crippen molar-refractivity contribution >= 4 is 23.5 Å². The molecular formula is C24H30N4O4. The molecule has 2 amide bonds. The average molecular weight is 439 g/mol. The largest absolute Gasteiger partial charge is 0.493 e. The molecular weight excluding hydrogens is 408 g/mol. The van der Waals surface area contributed by atoms with E-state index in [1.165, 1.54) is 4.90 Å². The van der Waals surface area contributed by atoms with E-state index in [1.54, 1.807) is 31.4 Å². The average Bonchev–Trinajstić information content (AvgIpc) is 3.05. The molecule has 0 aliphatic carbocycles. The zero-order chi connectivity index (χ0) is 22.9. The summed E-state index contributed by atoms with van der Waals surface area (Å²) in [5.41, 5.74) is 1.80. The number of carbonyl (C=O) groups is 2. The van der Waals surface area contributed by atoms with E-state index in [0.29, 0.717) is 54.7 Å². The van der Waals surface area contributed by atoms with Crippen molar-refractivity contribution in [3.8, 4) is 11.5 Å². The van der Waals surface area contributed by atoms with Crippen LogP contribution in [0.2, 0.25) is 0 Å². The molecule has 0 saturated carbocycles. The second-order valence-electron chi connectivity index (χ2n) is 7.20. The van der Waals surface area contributed by atoms with E-state index in [4.69, 9.17) is 9.47 Å². The SMILES string of the molecule is CCNC(=NCCCCN1C(=O)c2ccccc2C1=O)Nc1ccc(OCC)c(OC)c1. The Morgan fingerprint density at radius 2 is 1.72 bits per heavy atom. The summed E-state index contributed by atoms with van der Waals surface area (Å²) >= 11 is 0. The van der Waals surface area contributed by atoms with Crippen molar-refractivity contribution in [1.29, 1.82) is 0 Å². The minimum absolute atomic E-state index is 0.214. The van der Waals surface area contributed by atoms with Crippen LogP contribution in [0.15, 0.2) is 47.5 Å². The number of imide groups is 1. The fraction of sp³-hybridized carbons (Fsp3) is 0.375. The molecule has 0 bridgehead atoms. The van der Waals surface area contributed by atoms with Gasteiger partial charge >= 0.3 is 0 Å². The van der Waals surface area contributed by atoms with E-state index >= 15 is 0 Å². The second kappa shape index (κ2) is 11.2. The van der Waals surface area contributed by atoms with Gasteiger partial charge in [-0.05, 0) is 51.0 Å². The molecule has 0 radical (unpaired) electrons. The first-order chi connectivity index (χ1) is 15.6. The maximum atomic E-state index is 12.4. The summed E-state index contributed by atoms with van der Waals surface area (Å²) in [6.45, 7) is 6.16. The summed E-state index contributed by atoms with van der Waals surface area (Å²) in [4.78, 5) is 30.8. The Kier molecular flexibility index (Phi) is 8.08. The number of hydrogen-bond donors (Lipinski definition) is 2. The first-order valence-corrected chi connectivity index (χ1v) is 10.9. The molecule has 0 spiro atoms. The highest BCUT2D eigenvalue weighted by Gasteiger charge is 2.34. The van der Waals surface area contributed by atoms with E-state index in [2.05, 4.69) is 15.6 Å². The molecule has 2 aromatic rings. The highest BCUT2D eigenvalue weighted by atomic mass is 16.5. The molecule has 2 aromatic carbocycles. The Labute approximate surface area is 188 Å². The Hall–Kier alpha value is -3.55. The van der Waals surface area contributed by atoms with Gasteiger partial charge in [0.15, 0.2) is 17.5 Å². The molecule has 1 aliphatic rings. The minimum atomic E-state index is -0.214. The number of hydrogen-bond acceptors (Lipinski definition) is 5. The zero-order valence-electron chi connectivity index (χ0n) is 18.8. The van der Waals surface area contributed by atoms with Crippen LogP contribution >= 0.6 is 0 Å². The lowest BCUT2D eigenvalue weighted by Crippen LogP contribution is -2.31. The normalized spacial score (nSPS) is 13.2. The van der Waals surface area contributed by atoms with Gasteiger partial charge in [0.05, 0.1) is 24.8 Å². The monoisotopic (exact) mass is 438 g/mol. The third-order valence-electron chi connectivity index (χ3n) is 5.01. The Balaban J connectivity index is 1.53. The fourth-order valence-corrected chi connectivity index (χ4v) is 3.48. The number of benzene rings is 2. The molecule has 1 aliphatic heterocycles. The number of amides is 2. The third kappa shape index (κ3) is 5.38. The van der Waals surface area contributed by atoms with Gasteiger partial charge in [0.2, 0.25) is 0 Å². The quantitative estimate of drug-likeness (QED) is 0.255. The molecule has 3 rings (SSSR count). The molecule has 170 valence electrons. The number of nitrogens with one attached hydrogen (secondary N) is 2. The van der Waals surface area contributed by atoms with E-state index in [1.807, 2.05) is 32.0 Å². The van der Waals surface area contributed by atoms with Crippen molar-refractivity contribution in [2.24, 2.45) is 4.99 Å². The number of anilines is 1. The molecule has 0 saturated heterocycles. The van der Waals surface area contributed by atoms with Crippen LogP contribution in [0.3, 0.4) is 0 Å². The maximum Gasteiger partial charge on any atom is 0.261 e. The van der Waals surface area contributed by atoms with Crippen molar-refractivity contribution in [3.63, 3.8) is 0 Å². The van der Waals surface area contributed by atoms with Crippen LogP contribution < -0.4 is 20.1 Å². The summed E-state index contributed by atoms with van der Waals surface area (Å²) in [7, 11) is 1.61. The van der Waals surface area contributed by atoms with Crippen molar-refractivity contribution in [2.45, 2.75) is 26.7 Å². The molecule has 0 aromatic heterocycles. The van der Waals surface area contributed by atoms with E-state index < -0.39 is 0 Å². The van der Waals surface area contributed by atoms with Gasteiger partial charge in [-0.15, -0.1) is 0 Å². The molecule has 8 nitrogen and oxygen atoms in total. The lowest BCUT2D eigenvalue weighted by molar-refractivity contribution is 0.0652. The molecule has 1 heterocycles. The van der Waals surface area contributed by atoms with Gasteiger partial charge in [0.25, 0.3) is 11.8 Å². The Bertz CT molecular complexity index is 955. The Morgan fingerprint density at radius 1 is 1.00 bits per heavy atom. The van der Waals surface area contributed by atoms with Crippen molar-refractivity contribution < 1.29 is 19.1 Å². The number of aliphatic imine (C=N–C) groups is 1. The van der Waals surface area contributed by atoms with E-state index in [-0.39, 0.29) is 11.8 Å². The van der Waals surface area contributed by atoms with Crippen LogP contribution in [0.5, 0.6) is 11.5 Å². The van der Waals surface area contributed by atoms with Gasteiger partial charge in [-0.25, -0.2) is 0 Å². The number of nitrogens with zero attached hydrogens (tertiary/aromatic N) is 2. The van der Waals surface area contributed by atoms with Crippen LogP contribution in [0, 0.1) is 0 Å². The minimum Gasteiger partial charge on any atom is -0.493 e. The van der Waals surface area contributed by atoms with Gasteiger partial charge in [0, 0.05) is 31.4 Å². The van der Waals surface area contributed by atoms with Crippen LogP contribution in [-0.2, 0) is 0 Å². The second-order valence-corrected chi connectivity index (χ2v) is 7.20. The maximum absolute atomic E-state index is 12.4. The summed E-state index contributed by atoms with van der Waals surface area (Å²) in [6.07, 6.45) is 1.43. The smallest absolute Gasteiger partial charge is 0.261 e. The van der Waals surface area contributed by atoms with Gasteiger partial charge in [-0.3, -0.25) is 19.5 Å². The summed E-state index contributed by atoms with van der Waals surface area (Å²) < 4.78 is 11.0. The molecule has 0 fully saturated rings. The molecule has 2 N–H and O–H groups in total. The zero-order valence-corrected chi connectivity index (χ0v) is 18.8. The van der Waals surface area contributed by atoms with E-state index in [9.17, 15) is 9.59 Å². The van der Waals surface area contributed by atoms with Crippen LogP contribution in [0.25, 0.3) is 0 Å². The van der Waals surface area contributed by atoms with Crippen LogP contribution in [0.1, 0.15) is 47.4 Å². The van der Waals surface area contributed by atoms with E-state index in [0.717, 1.165) is 18.7 Å². The van der Waals surface area contributed by atoms with Gasteiger partial charge in [0.1, 0.15) is 0 Å². The predicted molar refractivity (Wildman–Crippen MR) is 125 cm³/mol. The highest BCUT2D eigenvalue weighted by Crippen LogP contribution is 2.30. The molecule has 0 unspecified atom stereocenters. The number of ether oxygens (including phenoxy) is 2. The number of methoxy groups -OCH3 is 1. The molecule has 32 heavy (non-hydrogen) atoms. The Morgan fingerprint density at radius 3 is 2.34 bits per heavy atom. The number of carbonyl (C=O) groups excluding carboxylic acids is 2. The number of guanidine groups is 1. The fourth-order valence-electron chi connectivity index (χ4n) is 3.48. The van der Waals surface area contributed by atoms with Crippen molar-refractivity contribution in [1.82, 2.24) is 10.2 Å². The van der Waals surface area contributed by atoms with Gasteiger partial charge in [-0.2, -0.15) is 0 Å².